The van der Waals surface area contributed by atoms with E-state index >= 15 is 0 Å². The second-order valence-corrected chi connectivity index (χ2v) is 10.1. The number of imidazole rings is 1. The lowest BCUT2D eigenvalue weighted by Gasteiger charge is -2.16. The molecule has 0 aliphatic heterocycles. The number of ether oxygens (including phenoxy) is 1. The normalized spacial score (nSPS) is 11.5. The van der Waals surface area contributed by atoms with Crippen LogP contribution in [0.2, 0.25) is 0 Å². The Labute approximate surface area is 204 Å². The van der Waals surface area contributed by atoms with Crippen LogP contribution in [0.1, 0.15) is 27.9 Å². The number of nitrogens with zero attached hydrogens (tertiary/aromatic N) is 2. The van der Waals surface area contributed by atoms with Crippen molar-refractivity contribution in [1.29, 1.82) is 0 Å². The van der Waals surface area contributed by atoms with E-state index in [1.165, 1.54) is 22.8 Å². The van der Waals surface area contributed by atoms with E-state index in [1.807, 2.05) is 41.8 Å². The monoisotopic (exact) mass is 493 g/mol. The van der Waals surface area contributed by atoms with Crippen LogP contribution in [-0.2, 0) is 21.3 Å². The molecule has 2 aromatic carbocycles. The molecule has 8 nitrogen and oxygen atoms in total. The van der Waals surface area contributed by atoms with Gasteiger partial charge in [0.05, 0.1) is 17.6 Å². The first kappa shape index (κ1) is 24.3. The number of rotatable bonds is 8. The summed E-state index contributed by atoms with van der Waals surface area (Å²) in [5, 5.41) is 0. The van der Waals surface area contributed by atoms with Crippen molar-refractivity contribution in [2.75, 3.05) is 12.9 Å². The van der Waals surface area contributed by atoms with Gasteiger partial charge in [0, 0.05) is 24.2 Å². The zero-order valence-corrected chi connectivity index (χ0v) is 20.8. The van der Waals surface area contributed by atoms with Crippen LogP contribution in [0.15, 0.2) is 54.7 Å². The summed E-state index contributed by atoms with van der Waals surface area (Å²) in [6.45, 7) is 5.59. The van der Waals surface area contributed by atoms with Crippen molar-refractivity contribution in [3.8, 4) is 22.8 Å². The van der Waals surface area contributed by atoms with Crippen molar-refractivity contribution in [1.82, 2.24) is 9.38 Å². The Balaban J connectivity index is 1.96. The number of hydrogen-bond donors (Lipinski definition) is 1. The number of primary amides is 1. The second-order valence-electron chi connectivity index (χ2n) is 8.54. The zero-order chi connectivity index (χ0) is 25.3. The topological polar surface area (TPSA) is 113 Å². The van der Waals surface area contributed by atoms with Gasteiger partial charge in [0.15, 0.2) is 6.61 Å². The Bertz CT molecular complexity index is 1520. The van der Waals surface area contributed by atoms with Crippen LogP contribution < -0.4 is 14.7 Å². The third kappa shape index (κ3) is 5.30. The summed E-state index contributed by atoms with van der Waals surface area (Å²) in [4.78, 5) is 16.4. The van der Waals surface area contributed by atoms with E-state index in [-0.39, 0.29) is 18.1 Å². The van der Waals surface area contributed by atoms with Crippen LogP contribution in [0, 0.1) is 20.8 Å². The third-order valence-electron chi connectivity index (χ3n) is 5.74. The summed E-state index contributed by atoms with van der Waals surface area (Å²) in [7, 11) is -3.77. The number of fused-ring (bicyclic) bond motifs is 1. The summed E-state index contributed by atoms with van der Waals surface area (Å²) in [6, 6.07) is 15.0. The summed E-state index contributed by atoms with van der Waals surface area (Å²) in [5.74, 6) is -0.323. The van der Waals surface area contributed by atoms with E-state index in [0.717, 1.165) is 17.6 Å². The predicted molar refractivity (Wildman–Crippen MR) is 134 cm³/mol. The molecule has 0 bridgehead atoms. The SMILES string of the molecule is Cc1cccc(C)c1Cc1c(-c2c(C)cc(OS(C)(=O)=O)cc2OCC(N)=O)nc2ccccn12. The molecule has 0 unspecified atom stereocenters. The molecule has 0 aliphatic rings. The van der Waals surface area contributed by atoms with E-state index in [0.29, 0.717) is 23.2 Å². The Kier molecular flexibility index (Phi) is 6.53. The number of carbonyl (C=O) groups is 1. The number of carbonyl (C=O) groups excluding carboxylic acids is 1. The van der Waals surface area contributed by atoms with Gasteiger partial charge in [0.25, 0.3) is 5.91 Å². The predicted octanol–water partition coefficient (Wildman–Crippen LogP) is 3.72. The minimum absolute atomic E-state index is 0.0771. The largest absolute Gasteiger partial charge is 0.483 e. The average Bonchev–Trinajstić information content (AvgIpc) is 3.11. The highest BCUT2D eigenvalue weighted by Crippen LogP contribution is 2.39. The quantitative estimate of drug-likeness (QED) is 0.374. The summed E-state index contributed by atoms with van der Waals surface area (Å²) < 4.78 is 36.3. The van der Waals surface area contributed by atoms with Crippen LogP contribution in [-0.4, -0.2) is 36.6 Å². The first-order valence-electron chi connectivity index (χ1n) is 11.0. The van der Waals surface area contributed by atoms with Gasteiger partial charge in [-0.25, -0.2) is 4.98 Å². The fourth-order valence-corrected chi connectivity index (χ4v) is 4.67. The number of pyridine rings is 1. The first-order valence-corrected chi connectivity index (χ1v) is 12.8. The number of aromatic nitrogens is 2. The molecule has 0 atom stereocenters. The van der Waals surface area contributed by atoms with Gasteiger partial charge in [-0.3, -0.25) is 4.79 Å². The Morgan fingerprint density at radius 3 is 2.40 bits per heavy atom. The lowest BCUT2D eigenvalue weighted by atomic mass is 9.95. The molecular formula is C26H27N3O5S. The first-order chi connectivity index (χ1) is 16.5. The number of hydrogen-bond acceptors (Lipinski definition) is 6. The van der Waals surface area contributed by atoms with E-state index in [1.54, 1.807) is 6.07 Å². The molecule has 2 aromatic heterocycles. The molecule has 9 heteroatoms. The molecule has 0 saturated carbocycles. The maximum atomic E-state index is 11.7. The summed E-state index contributed by atoms with van der Waals surface area (Å²) >= 11 is 0. The van der Waals surface area contributed by atoms with Crippen LogP contribution in [0.4, 0.5) is 0 Å². The van der Waals surface area contributed by atoms with Crippen molar-refractivity contribution < 1.29 is 22.1 Å². The molecule has 35 heavy (non-hydrogen) atoms. The Morgan fingerprint density at radius 2 is 1.74 bits per heavy atom. The molecule has 4 rings (SSSR count). The minimum atomic E-state index is -3.77. The van der Waals surface area contributed by atoms with E-state index in [4.69, 9.17) is 19.6 Å². The highest BCUT2D eigenvalue weighted by atomic mass is 32.2. The van der Waals surface area contributed by atoms with Gasteiger partial charge < -0.3 is 19.1 Å². The van der Waals surface area contributed by atoms with Crippen molar-refractivity contribution in [2.45, 2.75) is 27.2 Å². The van der Waals surface area contributed by atoms with Crippen LogP contribution in [0.5, 0.6) is 11.5 Å². The molecule has 182 valence electrons. The fraction of sp³-hybridized carbons (Fsp3) is 0.231. The second kappa shape index (κ2) is 9.42. The zero-order valence-electron chi connectivity index (χ0n) is 20.0. The van der Waals surface area contributed by atoms with Gasteiger partial charge in [-0.15, -0.1) is 0 Å². The molecule has 2 N–H and O–H groups in total. The van der Waals surface area contributed by atoms with Crippen molar-refractivity contribution in [2.24, 2.45) is 5.73 Å². The standard InChI is InChI=1S/C26H27N3O5S/c1-16-8-7-9-17(2)20(16)14-21-26(28-24-10-5-6-11-29(21)24)25-18(3)12-19(34-35(4,31)32)13-22(25)33-15-23(27)30/h5-13H,14-15H2,1-4H3,(H2,27,30). The lowest BCUT2D eigenvalue weighted by molar-refractivity contribution is -0.119. The summed E-state index contributed by atoms with van der Waals surface area (Å²) in [5.41, 5.74) is 12.5. The average molecular weight is 494 g/mol. The minimum Gasteiger partial charge on any atom is -0.483 e. The summed E-state index contributed by atoms with van der Waals surface area (Å²) in [6.07, 6.45) is 3.52. The molecule has 0 spiro atoms. The van der Waals surface area contributed by atoms with E-state index in [2.05, 4.69) is 26.0 Å². The van der Waals surface area contributed by atoms with Gasteiger partial charge in [-0.2, -0.15) is 8.42 Å². The molecule has 1 amide bonds. The molecule has 0 radical (unpaired) electrons. The van der Waals surface area contributed by atoms with Crippen molar-refractivity contribution in [3.63, 3.8) is 0 Å². The number of benzene rings is 2. The maximum absolute atomic E-state index is 11.7. The number of nitrogens with two attached hydrogens (primary N) is 1. The molecule has 0 fully saturated rings. The van der Waals surface area contributed by atoms with Gasteiger partial charge in [-0.1, -0.05) is 24.3 Å². The molecule has 0 saturated heterocycles. The Morgan fingerprint density at radius 1 is 1.03 bits per heavy atom. The molecular weight excluding hydrogens is 466 g/mol. The smallest absolute Gasteiger partial charge is 0.306 e. The number of amides is 1. The fourth-order valence-electron chi connectivity index (χ4n) is 4.22. The van der Waals surface area contributed by atoms with Crippen LogP contribution >= 0.6 is 0 Å². The lowest BCUT2D eigenvalue weighted by Crippen LogP contribution is -2.20. The van der Waals surface area contributed by atoms with Crippen LogP contribution in [0.3, 0.4) is 0 Å². The Hall–Kier alpha value is -3.85. The van der Waals surface area contributed by atoms with Gasteiger partial charge in [0.2, 0.25) is 0 Å². The molecule has 2 heterocycles. The van der Waals surface area contributed by atoms with Gasteiger partial charge >= 0.3 is 10.1 Å². The van der Waals surface area contributed by atoms with E-state index in [9.17, 15) is 13.2 Å². The van der Waals surface area contributed by atoms with E-state index < -0.39 is 16.0 Å². The third-order valence-corrected chi connectivity index (χ3v) is 6.24. The molecule has 4 aromatic rings. The maximum Gasteiger partial charge on any atom is 0.306 e. The number of aryl methyl sites for hydroxylation is 3. The molecule has 0 aliphatic carbocycles. The van der Waals surface area contributed by atoms with Gasteiger partial charge in [0.1, 0.15) is 17.1 Å². The van der Waals surface area contributed by atoms with Crippen LogP contribution in [0.25, 0.3) is 16.9 Å². The van der Waals surface area contributed by atoms with Gasteiger partial charge in [-0.05, 0) is 61.2 Å². The highest BCUT2D eigenvalue weighted by Gasteiger charge is 2.23. The van der Waals surface area contributed by atoms with Crippen molar-refractivity contribution in [3.05, 3.63) is 82.7 Å². The highest BCUT2D eigenvalue weighted by molar-refractivity contribution is 7.86. The van der Waals surface area contributed by atoms with Crippen molar-refractivity contribution >= 4 is 21.7 Å².